The lowest BCUT2D eigenvalue weighted by Gasteiger charge is -2.72. The van der Waals surface area contributed by atoms with E-state index in [1.807, 2.05) is 0 Å². The molecule has 0 unspecified atom stereocenters. The number of hydrogen-bond acceptors (Lipinski definition) is 3. The average molecular weight is 664 g/mol. The number of carboxylic acids is 1. The van der Waals surface area contributed by atoms with E-state index >= 15 is 0 Å². The second-order valence-electron chi connectivity index (χ2n) is 19.8. The largest absolute Gasteiger partial charge is 0.481 e. The second-order valence-corrected chi connectivity index (χ2v) is 19.8. The van der Waals surface area contributed by atoms with Crippen LogP contribution in [0, 0.1) is 56.7 Å². The molecule has 0 aromatic carbocycles. The zero-order chi connectivity index (χ0) is 34.5. The molecular weight excluding hydrogens is 597 g/mol. The molecule has 10 atom stereocenters. The van der Waals surface area contributed by atoms with E-state index in [9.17, 15) is 19.4 Å². The van der Waals surface area contributed by atoms with E-state index < -0.39 is 23.7 Å². The van der Waals surface area contributed by atoms with Crippen molar-refractivity contribution in [3.8, 4) is 0 Å². The lowest BCUT2D eigenvalue weighted by atomic mass is 9.33. The maximum atomic E-state index is 13.9. The van der Waals surface area contributed by atoms with Crippen LogP contribution in [0.2, 0.25) is 0 Å². The van der Waals surface area contributed by atoms with E-state index in [0.717, 1.165) is 32.2 Å². The van der Waals surface area contributed by atoms with Crippen molar-refractivity contribution >= 4 is 5.97 Å². The molecule has 0 aromatic heterocycles. The van der Waals surface area contributed by atoms with E-state index in [1.165, 1.54) is 74.5 Å². The number of carboxylic acid groups (broad SMARTS) is 1. The van der Waals surface area contributed by atoms with Crippen LogP contribution < -0.4 is 5.32 Å². The van der Waals surface area contributed by atoms with Crippen LogP contribution in [-0.2, 0) is 4.79 Å². The van der Waals surface area contributed by atoms with E-state index in [1.54, 1.807) is 0 Å². The summed E-state index contributed by atoms with van der Waals surface area (Å²) in [4.78, 5) is 12.0. The molecular formula is C43H66FNO3. The standard InChI is InChI=1S/C43H66FNO3/c1-28(2)30-13-22-43(45-26-25-42(48)16-8-17-42)24-23-39(6)32(35(30)43)9-10-34-38(5)18-14-31(37(3,4)33(38)15-19-40(34,39)7)29-11-20-41(27-44,21-12-29)36(46)47/h11,14,30,32-35,45,48H,1,8-10,12-13,15-27H2,2-7H3,(H,46,47)/t30-,32+,33-,34+,35+,38-,39+,40+,41-,43-/m0/s1. The maximum absolute atomic E-state index is 13.9. The van der Waals surface area contributed by atoms with Crippen molar-refractivity contribution in [2.24, 2.45) is 56.7 Å². The summed E-state index contributed by atoms with van der Waals surface area (Å²) in [5.74, 6) is 2.16. The Balaban J connectivity index is 1.16. The summed E-state index contributed by atoms with van der Waals surface area (Å²) in [6, 6.07) is 0. The molecule has 0 saturated heterocycles. The highest BCUT2D eigenvalue weighted by molar-refractivity contribution is 5.75. The van der Waals surface area contributed by atoms with Crippen molar-refractivity contribution in [2.75, 3.05) is 13.2 Å². The van der Waals surface area contributed by atoms with Crippen molar-refractivity contribution in [3.05, 3.63) is 35.5 Å². The predicted octanol–water partition coefficient (Wildman–Crippen LogP) is 9.98. The molecule has 4 nitrogen and oxygen atoms in total. The number of carbonyl (C=O) groups is 1. The Morgan fingerprint density at radius 2 is 1.67 bits per heavy atom. The lowest BCUT2D eigenvalue weighted by Crippen LogP contribution is -2.68. The molecule has 0 aliphatic heterocycles. The molecule has 0 radical (unpaired) electrons. The van der Waals surface area contributed by atoms with Gasteiger partial charge in [-0.25, -0.2) is 4.39 Å². The SMILES string of the molecule is C=C(C)[C@@H]1CC[C@]2(NCCC3(O)CCC3)CC[C@]3(C)[C@H](CC[C@@H]4[C@@]5(C)CC=C(C6=CC[C@](CF)(C(=O)O)CC6)C(C)(C)[C@@H]5CC[C@]43C)[C@@H]12. The van der Waals surface area contributed by atoms with Gasteiger partial charge in [-0.15, -0.1) is 0 Å². The molecule has 3 N–H and O–H groups in total. The van der Waals surface area contributed by atoms with E-state index in [2.05, 4.69) is 65.6 Å². The summed E-state index contributed by atoms with van der Waals surface area (Å²) in [6.45, 7) is 20.0. The fourth-order valence-electron chi connectivity index (χ4n) is 14.5. The molecule has 5 heteroatoms. The Morgan fingerprint density at radius 3 is 2.27 bits per heavy atom. The Bertz CT molecular complexity index is 1390. The van der Waals surface area contributed by atoms with E-state index in [0.29, 0.717) is 48.9 Å². The Hall–Kier alpha value is -1.46. The minimum absolute atomic E-state index is 0.00347. The molecule has 0 spiro atoms. The number of nitrogens with one attached hydrogen (secondary N) is 1. The van der Waals surface area contributed by atoms with Crippen molar-refractivity contribution in [1.82, 2.24) is 5.32 Å². The minimum Gasteiger partial charge on any atom is -0.481 e. The highest BCUT2D eigenvalue weighted by Crippen LogP contribution is 2.76. The quantitative estimate of drug-likeness (QED) is 0.226. The minimum atomic E-state index is -1.24. The number of fused-ring (bicyclic) bond motifs is 7. The number of alkyl halides is 1. The molecule has 0 aromatic rings. The summed E-state index contributed by atoms with van der Waals surface area (Å²) >= 11 is 0. The number of rotatable bonds is 8. The number of halogens is 1. The summed E-state index contributed by atoms with van der Waals surface area (Å²) < 4.78 is 13.9. The molecule has 7 aliphatic carbocycles. The summed E-state index contributed by atoms with van der Waals surface area (Å²) in [5.41, 5.74) is 3.38. The first-order valence-electron chi connectivity index (χ1n) is 19.8. The third-order valence-electron chi connectivity index (χ3n) is 17.7. The first kappa shape index (κ1) is 35.0. The molecule has 0 amide bonds. The number of hydrogen-bond donors (Lipinski definition) is 3. The summed E-state index contributed by atoms with van der Waals surface area (Å²) in [6.07, 6.45) is 21.2. The molecule has 0 bridgehead atoms. The number of aliphatic hydroxyl groups is 1. The van der Waals surface area contributed by atoms with Crippen molar-refractivity contribution in [2.45, 2.75) is 155 Å². The van der Waals surface area contributed by atoms with Gasteiger partial charge in [0.1, 0.15) is 6.67 Å². The van der Waals surface area contributed by atoms with Gasteiger partial charge in [-0.2, -0.15) is 0 Å². The van der Waals surface area contributed by atoms with Gasteiger partial charge in [0.15, 0.2) is 0 Å². The van der Waals surface area contributed by atoms with Gasteiger partial charge in [0.2, 0.25) is 0 Å². The first-order valence-corrected chi connectivity index (χ1v) is 19.8. The number of aliphatic carboxylic acids is 1. The molecule has 268 valence electrons. The fraction of sp³-hybridized carbons (Fsp3) is 0.837. The summed E-state index contributed by atoms with van der Waals surface area (Å²) in [7, 11) is 0. The fourth-order valence-corrected chi connectivity index (χ4v) is 14.5. The second kappa shape index (κ2) is 11.5. The van der Waals surface area contributed by atoms with Gasteiger partial charge in [0.25, 0.3) is 0 Å². The highest BCUT2D eigenvalue weighted by Gasteiger charge is 2.70. The van der Waals surface area contributed by atoms with Gasteiger partial charge < -0.3 is 15.5 Å². The zero-order valence-electron chi connectivity index (χ0n) is 31.2. The van der Waals surface area contributed by atoms with Gasteiger partial charge in [-0.1, -0.05) is 58.9 Å². The van der Waals surface area contributed by atoms with Crippen LogP contribution in [0.5, 0.6) is 0 Å². The average Bonchev–Trinajstić information content (AvgIpc) is 3.40. The summed E-state index contributed by atoms with van der Waals surface area (Å²) in [5, 5.41) is 24.9. The predicted molar refractivity (Wildman–Crippen MR) is 192 cm³/mol. The smallest absolute Gasteiger partial charge is 0.312 e. The van der Waals surface area contributed by atoms with Crippen LogP contribution >= 0.6 is 0 Å². The van der Waals surface area contributed by atoms with Crippen molar-refractivity contribution in [1.29, 1.82) is 0 Å². The molecule has 5 fully saturated rings. The third-order valence-corrected chi connectivity index (χ3v) is 17.7. The van der Waals surface area contributed by atoms with E-state index in [4.69, 9.17) is 0 Å². The topological polar surface area (TPSA) is 69.6 Å². The lowest BCUT2D eigenvalue weighted by molar-refractivity contribution is -0.221. The van der Waals surface area contributed by atoms with Crippen molar-refractivity contribution < 1.29 is 19.4 Å². The van der Waals surface area contributed by atoms with Crippen LogP contribution in [0.3, 0.4) is 0 Å². The van der Waals surface area contributed by atoms with E-state index in [-0.39, 0.29) is 27.2 Å². The van der Waals surface area contributed by atoms with Gasteiger partial charge in [0.05, 0.1) is 11.0 Å². The van der Waals surface area contributed by atoms with Crippen LogP contribution in [0.15, 0.2) is 35.5 Å². The highest BCUT2D eigenvalue weighted by atomic mass is 19.1. The number of allylic oxidation sites excluding steroid dienone is 5. The first-order chi connectivity index (χ1) is 22.5. The monoisotopic (exact) mass is 664 g/mol. The van der Waals surface area contributed by atoms with Gasteiger partial charge >= 0.3 is 5.97 Å². The molecule has 48 heavy (non-hydrogen) atoms. The van der Waals surface area contributed by atoms with Crippen LogP contribution in [0.25, 0.3) is 0 Å². The molecule has 7 rings (SSSR count). The molecule has 5 saturated carbocycles. The Labute approximate surface area is 290 Å². The zero-order valence-corrected chi connectivity index (χ0v) is 31.2. The maximum Gasteiger partial charge on any atom is 0.312 e. The Kier molecular flexibility index (Phi) is 8.39. The Morgan fingerprint density at radius 1 is 0.917 bits per heavy atom. The van der Waals surface area contributed by atoms with Gasteiger partial charge in [0, 0.05) is 5.54 Å². The van der Waals surface area contributed by atoms with Crippen molar-refractivity contribution in [3.63, 3.8) is 0 Å². The van der Waals surface area contributed by atoms with Crippen LogP contribution in [0.4, 0.5) is 4.39 Å². The van der Waals surface area contributed by atoms with Crippen LogP contribution in [0.1, 0.15) is 144 Å². The van der Waals surface area contributed by atoms with Gasteiger partial charge in [-0.3, -0.25) is 4.79 Å². The molecule has 0 heterocycles. The molecule has 7 aliphatic rings. The normalized spacial score (nSPS) is 47.3. The van der Waals surface area contributed by atoms with Crippen LogP contribution in [-0.4, -0.2) is 40.5 Å². The third kappa shape index (κ3) is 4.81. The van der Waals surface area contributed by atoms with Gasteiger partial charge in [-0.05, 0) is 179 Å².